The molecule has 0 unspecified atom stereocenters. The molecule has 0 aromatic carbocycles. The third-order valence-electron chi connectivity index (χ3n) is 2.58. The van der Waals surface area contributed by atoms with Gasteiger partial charge in [0.2, 0.25) is 0 Å². The van der Waals surface area contributed by atoms with Gasteiger partial charge in [-0.25, -0.2) is 0 Å². The van der Waals surface area contributed by atoms with E-state index in [-0.39, 0.29) is 0 Å². The lowest BCUT2D eigenvalue weighted by molar-refractivity contribution is 0.361. The minimum Gasteiger partial charge on any atom is -0.303 e. The van der Waals surface area contributed by atoms with Crippen LogP contribution in [0.2, 0.25) is 0 Å². The largest absolute Gasteiger partial charge is 0.303 e. The van der Waals surface area contributed by atoms with Gasteiger partial charge >= 0.3 is 0 Å². The molecule has 0 aromatic heterocycles. The molecular weight excluding hydrogens is 192 g/mol. The van der Waals surface area contributed by atoms with Crippen LogP contribution >= 0.6 is 12.9 Å². The van der Waals surface area contributed by atoms with E-state index in [9.17, 15) is 0 Å². The van der Waals surface area contributed by atoms with Crippen molar-refractivity contribution in [1.29, 1.82) is 0 Å². The van der Waals surface area contributed by atoms with Crippen molar-refractivity contribution in [2.75, 3.05) is 6.61 Å². The van der Waals surface area contributed by atoms with Gasteiger partial charge in [-0.3, -0.25) is 0 Å². The lowest BCUT2D eigenvalue weighted by Crippen LogP contribution is -1.85. The van der Waals surface area contributed by atoms with Crippen LogP contribution in [0.4, 0.5) is 0 Å². The molecule has 0 atom stereocenters. The molecule has 0 aliphatic carbocycles. The summed E-state index contributed by atoms with van der Waals surface area (Å²) in [7, 11) is 0. The van der Waals surface area contributed by atoms with Crippen molar-refractivity contribution in [2.45, 2.75) is 71.1 Å². The molecular formula is C12H25OS. The normalized spacial score (nSPS) is 10.7. The minimum atomic E-state index is 0.756. The molecule has 14 heavy (non-hydrogen) atoms. The van der Waals surface area contributed by atoms with Gasteiger partial charge in [-0.15, -0.1) is 0 Å². The lowest BCUT2D eigenvalue weighted by Gasteiger charge is -2.01. The summed E-state index contributed by atoms with van der Waals surface area (Å²) in [4.78, 5) is 0. The molecule has 0 saturated heterocycles. The monoisotopic (exact) mass is 217 g/mol. The van der Waals surface area contributed by atoms with Gasteiger partial charge in [0.1, 0.15) is 0 Å². The van der Waals surface area contributed by atoms with E-state index >= 15 is 0 Å². The third-order valence-corrected chi connectivity index (χ3v) is 2.75. The number of unbranched alkanes of at least 4 members (excludes halogenated alkanes) is 9. The van der Waals surface area contributed by atoms with Crippen LogP contribution in [0.3, 0.4) is 0 Å². The summed E-state index contributed by atoms with van der Waals surface area (Å²) in [5.74, 6) is 0. The van der Waals surface area contributed by atoms with Crippen LogP contribution in [0, 0.1) is 0 Å². The van der Waals surface area contributed by atoms with E-state index in [4.69, 9.17) is 0 Å². The summed E-state index contributed by atoms with van der Waals surface area (Å²) in [6, 6.07) is 0. The standard InChI is InChI=1S/C12H25OS/c1-2-3-4-5-6-7-8-9-10-11-12-13-14/h2-12H2,1H3. The fourth-order valence-electron chi connectivity index (χ4n) is 1.65. The average Bonchev–Trinajstić information content (AvgIpc) is 2.21. The maximum atomic E-state index is 4.60. The number of rotatable bonds is 11. The second-order valence-corrected chi connectivity index (χ2v) is 4.24. The first-order valence-electron chi connectivity index (χ1n) is 6.16. The van der Waals surface area contributed by atoms with Crippen molar-refractivity contribution in [1.82, 2.24) is 0 Å². The maximum Gasteiger partial charge on any atom is 0.0925 e. The molecule has 0 aliphatic heterocycles. The minimum absolute atomic E-state index is 0.756. The van der Waals surface area contributed by atoms with Crippen molar-refractivity contribution >= 4 is 12.9 Å². The van der Waals surface area contributed by atoms with Gasteiger partial charge < -0.3 is 4.18 Å². The van der Waals surface area contributed by atoms with Crippen molar-refractivity contribution < 1.29 is 4.18 Å². The Kier molecular flexibility index (Phi) is 13.6. The highest BCUT2D eigenvalue weighted by atomic mass is 32.1. The fourth-order valence-corrected chi connectivity index (χ4v) is 1.77. The molecule has 0 amide bonds. The fraction of sp³-hybridized carbons (Fsp3) is 1.00. The zero-order chi connectivity index (χ0) is 10.5. The van der Waals surface area contributed by atoms with Crippen LogP contribution in [0.25, 0.3) is 0 Å². The Morgan fingerprint density at radius 3 is 1.57 bits per heavy atom. The third kappa shape index (κ3) is 12.3. The Labute approximate surface area is 95.2 Å². The average molecular weight is 217 g/mol. The van der Waals surface area contributed by atoms with E-state index in [1.165, 1.54) is 57.8 Å². The van der Waals surface area contributed by atoms with E-state index in [2.05, 4.69) is 24.0 Å². The Bertz CT molecular complexity index is 84.3. The van der Waals surface area contributed by atoms with Crippen molar-refractivity contribution in [3.05, 3.63) is 0 Å². The summed E-state index contributed by atoms with van der Waals surface area (Å²) in [5, 5.41) is 0. The Morgan fingerprint density at radius 2 is 1.14 bits per heavy atom. The summed E-state index contributed by atoms with van der Waals surface area (Å²) >= 11 is 4.41. The van der Waals surface area contributed by atoms with Crippen LogP contribution in [0.1, 0.15) is 71.1 Å². The van der Waals surface area contributed by atoms with Gasteiger partial charge in [0.05, 0.1) is 19.5 Å². The van der Waals surface area contributed by atoms with Crippen LogP contribution < -0.4 is 0 Å². The first kappa shape index (κ1) is 14.3. The van der Waals surface area contributed by atoms with Crippen LogP contribution in [-0.4, -0.2) is 6.61 Å². The van der Waals surface area contributed by atoms with Gasteiger partial charge in [0.15, 0.2) is 0 Å². The molecule has 0 fully saturated rings. The lowest BCUT2D eigenvalue weighted by atomic mass is 10.1. The summed E-state index contributed by atoms with van der Waals surface area (Å²) in [6.45, 7) is 3.02. The van der Waals surface area contributed by atoms with Crippen molar-refractivity contribution in [3.63, 3.8) is 0 Å². The molecule has 0 heterocycles. The van der Waals surface area contributed by atoms with Crippen LogP contribution in [0.15, 0.2) is 0 Å². The summed E-state index contributed by atoms with van der Waals surface area (Å²) in [6.07, 6.45) is 13.6. The van der Waals surface area contributed by atoms with E-state index in [1.807, 2.05) is 0 Å². The zero-order valence-electron chi connectivity index (χ0n) is 9.59. The molecule has 0 rings (SSSR count). The van der Waals surface area contributed by atoms with E-state index < -0.39 is 0 Å². The smallest absolute Gasteiger partial charge is 0.0925 e. The zero-order valence-corrected chi connectivity index (χ0v) is 10.4. The second kappa shape index (κ2) is 13.3. The van der Waals surface area contributed by atoms with Gasteiger partial charge in [-0.05, 0) is 6.42 Å². The molecule has 0 aliphatic rings. The van der Waals surface area contributed by atoms with Crippen LogP contribution in [-0.2, 0) is 4.18 Å². The Morgan fingerprint density at radius 1 is 0.714 bits per heavy atom. The van der Waals surface area contributed by atoms with Crippen LogP contribution in [0.5, 0.6) is 0 Å². The molecule has 1 nitrogen and oxygen atoms in total. The molecule has 0 bridgehead atoms. The molecule has 0 saturated carbocycles. The quantitative estimate of drug-likeness (QED) is 0.441. The Balaban J connectivity index is 2.78. The summed E-state index contributed by atoms with van der Waals surface area (Å²) in [5.41, 5.74) is 0. The highest BCUT2D eigenvalue weighted by molar-refractivity contribution is 7.75. The maximum absolute atomic E-state index is 4.60. The molecule has 0 N–H and O–H groups in total. The first-order chi connectivity index (χ1) is 6.91. The SMILES string of the molecule is CCCCCCCCCCCCO[S]. The topological polar surface area (TPSA) is 9.23 Å². The second-order valence-electron chi connectivity index (χ2n) is 4.00. The van der Waals surface area contributed by atoms with Gasteiger partial charge in [-0.2, -0.15) is 0 Å². The van der Waals surface area contributed by atoms with Gasteiger partial charge in [0, 0.05) is 0 Å². The van der Waals surface area contributed by atoms with Crippen molar-refractivity contribution in [2.24, 2.45) is 0 Å². The molecule has 1 radical (unpaired) electrons. The predicted molar refractivity (Wildman–Crippen MR) is 65.4 cm³/mol. The van der Waals surface area contributed by atoms with Gasteiger partial charge in [-0.1, -0.05) is 64.7 Å². The van der Waals surface area contributed by atoms with Gasteiger partial charge in [0.25, 0.3) is 0 Å². The highest BCUT2D eigenvalue weighted by Crippen LogP contribution is 2.10. The number of hydrogen-bond donors (Lipinski definition) is 0. The van der Waals surface area contributed by atoms with Crippen molar-refractivity contribution in [3.8, 4) is 0 Å². The number of hydrogen-bond acceptors (Lipinski definition) is 1. The molecule has 85 valence electrons. The summed E-state index contributed by atoms with van der Waals surface area (Å²) < 4.78 is 4.60. The molecule has 2 heteroatoms. The van der Waals surface area contributed by atoms with E-state index in [1.54, 1.807) is 0 Å². The predicted octanol–water partition coefficient (Wildman–Crippen LogP) is 5.04. The highest BCUT2D eigenvalue weighted by Gasteiger charge is 1.92. The molecule has 0 aromatic rings. The Hall–Kier alpha value is 0.310. The first-order valence-corrected chi connectivity index (χ1v) is 6.50. The van der Waals surface area contributed by atoms with E-state index in [0.29, 0.717) is 0 Å². The molecule has 0 spiro atoms. The van der Waals surface area contributed by atoms with E-state index in [0.717, 1.165) is 13.0 Å².